The van der Waals surface area contributed by atoms with Gasteiger partial charge in [0, 0.05) is 18.7 Å². The van der Waals surface area contributed by atoms with Gasteiger partial charge in [0.1, 0.15) is 5.75 Å². The molecule has 0 aliphatic carbocycles. The zero-order valence-electron chi connectivity index (χ0n) is 21.4. The van der Waals surface area contributed by atoms with Crippen LogP contribution in [0.25, 0.3) is 0 Å². The molecular formula is C28H31N3O6S. The Labute approximate surface area is 223 Å². The van der Waals surface area contributed by atoms with Gasteiger partial charge in [-0.05, 0) is 48.9 Å². The average Bonchev–Trinajstić information content (AvgIpc) is 2.92. The summed E-state index contributed by atoms with van der Waals surface area (Å²) >= 11 is 0. The molecule has 4 rings (SSSR count). The zero-order chi connectivity index (χ0) is 27.1. The summed E-state index contributed by atoms with van der Waals surface area (Å²) in [4.78, 5) is 27.7. The molecule has 3 aromatic rings. The Morgan fingerprint density at radius 2 is 1.63 bits per heavy atom. The normalized spacial score (nSPS) is 13.6. The summed E-state index contributed by atoms with van der Waals surface area (Å²) in [6, 6.07) is 20.6. The molecule has 1 heterocycles. The van der Waals surface area contributed by atoms with E-state index in [0.29, 0.717) is 66.7 Å². The fourth-order valence-corrected chi connectivity index (χ4v) is 5.05. The number of morpholine rings is 1. The number of sulfonamides is 1. The first-order valence-electron chi connectivity index (χ1n) is 12.3. The van der Waals surface area contributed by atoms with Crippen molar-refractivity contribution in [3.05, 3.63) is 89.5 Å². The molecule has 9 nitrogen and oxygen atoms in total. The molecule has 0 saturated carbocycles. The number of hydrogen-bond donors (Lipinski definition) is 1. The van der Waals surface area contributed by atoms with E-state index >= 15 is 0 Å². The van der Waals surface area contributed by atoms with Gasteiger partial charge in [0.25, 0.3) is 11.8 Å². The maximum Gasteiger partial charge on any atom is 0.256 e. The molecule has 10 heteroatoms. The number of hydrogen-bond acceptors (Lipinski definition) is 6. The number of nitrogens with one attached hydrogen (secondary N) is 1. The van der Waals surface area contributed by atoms with E-state index in [1.54, 1.807) is 77.7 Å². The molecule has 0 unspecified atom stereocenters. The van der Waals surface area contributed by atoms with Crippen LogP contribution in [-0.4, -0.2) is 64.3 Å². The Bertz CT molecular complexity index is 1390. The van der Waals surface area contributed by atoms with Gasteiger partial charge in [-0.25, -0.2) is 8.42 Å². The lowest BCUT2D eigenvalue weighted by atomic mass is 10.1. The molecule has 1 saturated heterocycles. The van der Waals surface area contributed by atoms with Crippen molar-refractivity contribution in [2.45, 2.75) is 13.5 Å². The van der Waals surface area contributed by atoms with E-state index in [2.05, 4.69) is 5.32 Å². The summed E-state index contributed by atoms with van der Waals surface area (Å²) in [5.41, 5.74) is 2.36. The number of carbonyl (C=O) groups is 2. The van der Waals surface area contributed by atoms with Crippen LogP contribution in [0.2, 0.25) is 0 Å². The summed E-state index contributed by atoms with van der Waals surface area (Å²) in [6.07, 6.45) is 1.15. The molecule has 3 aromatic carbocycles. The van der Waals surface area contributed by atoms with Crippen LogP contribution in [0.3, 0.4) is 0 Å². The highest BCUT2D eigenvalue weighted by Crippen LogP contribution is 2.31. The Hall–Kier alpha value is -3.89. The van der Waals surface area contributed by atoms with Crippen LogP contribution in [-0.2, 0) is 21.3 Å². The molecule has 200 valence electrons. The number of carbonyl (C=O) groups excluding carboxylic acids is 2. The summed E-state index contributed by atoms with van der Waals surface area (Å²) in [7, 11) is -3.62. The summed E-state index contributed by atoms with van der Waals surface area (Å²) in [5, 5.41) is 2.84. The van der Waals surface area contributed by atoms with Crippen molar-refractivity contribution in [2.75, 3.05) is 48.8 Å². The molecule has 0 radical (unpaired) electrons. The molecule has 1 aliphatic rings. The smallest absolute Gasteiger partial charge is 0.256 e. The highest BCUT2D eigenvalue weighted by Gasteiger charge is 2.23. The molecule has 2 amide bonds. The van der Waals surface area contributed by atoms with Gasteiger partial charge in [0.15, 0.2) is 0 Å². The lowest BCUT2D eigenvalue weighted by Crippen LogP contribution is -2.41. The highest BCUT2D eigenvalue weighted by atomic mass is 32.2. The minimum absolute atomic E-state index is 0.0711. The second-order valence-electron chi connectivity index (χ2n) is 8.77. The van der Waals surface area contributed by atoms with E-state index in [9.17, 15) is 18.0 Å². The number of nitrogens with zero attached hydrogens (tertiary/aromatic N) is 2. The molecule has 1 aliphatic heterocycles. The van der Waals surface area contributed by atoms with E-state index in [4.69, 9.17) is 9.47 Å². The van der Waals surface area contributed by atoms with Crippen molar-refractivity contribution in [1.29, 1.82) is 0 Å². The minimum Gasteiger partial charge on any atom is -0.492 e. The predicted molar refractivity (Wildman–Crippen MR) is 146 cm³/mol. The third-order valence-corrected chi connectivity index (χ3v) is 7.21. The van der Waals surface area contributed by atoms with Crippen molar-refractivity contribution in [1.82, 2.24) is 4.90 Å². The maximum atomic E-state index is 13.0. The SMILES string of the molecule is CCOc1ccccc1N(Cc1ccc(C(=O)Nc2ccccc2C(=O)N2CCOCC2)cc1)S(C)(=O)=O. The number of para-hydroxylation sites is 3. The van der Waals surface area contributed by atoms with Crippen molar-refractivity contribution in [3.63, 3.8) is 0 Å². The molecule has 0 atom stereocenters. The number of anilines is 2. The van der Waals surface area contributed by atoms with Crippen LogP contribution >= 0.6 is 0 Å². The third kappa shape index (κ3) is 6.51. The molecule has 38 heavy (non-hydrogen) atoms. The van der Waals surface area contributed by atoms with Crippen molar-refractivity contribution in [2.24, 2.45) is 0 Å². The van der Waals surface area contributed by atoms with Crippen molar-refractivity contribution >= 4 is 33.2 Å². The van der Waals surface area contributed by atoms with E-state index in [-0.39, 0.29) is 18.4 Å². The van der Waals surface area contributed by atoms with Crippen LogP contribution in [0.5, 0.6) is 5.75 Å². The Morgan fingerprint density at radius 3 is 2.32 bits per heavy atom. The van der Waals surface area contributed by atoms with Gasteiger partial charge in [-0.1, -0.05) is 36.4 Å². The highest BCUT2D eigenvalue weighted by molar-refractivity contribution is 7.92. The van der Waals surface area contributed by atoms with E-state index in [0.717, 1.165) is 6.26 Å². The molecule has 0 bridgehead atoms. The van der Waals surface area contributed by atoms with Gasteiger partial charge in [-0.2, -0.15) is 0 Å². The Morgan fingerprint density at radius 1 is 0.974 bits per heavy atom. The molecule has 0 aromatic heterocycles. The van der Waals surface area contributed by atoms with Gasteiger partial charge in [0.2, 0.25) is 10.0 Å². The molecule has 1 N–H and O–H groups in total. The van der Waals surface area contributed by atoms with E-state index < -0.39 is 10.0 Å². The lowest BCUT2D eigenvalue weighted by molar-refractivity contribution is 0.0303. The predicted octanol–water partition coefficient (Wildman–Crippen LogP) is 3.78. The van der Waals surface area contributed by atoms with Gasteiger partial charge in [-0.15, -0.1) is 0 Å². The monoisotopic (exact) mass is 537 g/mol. The largest absolute Gasteiger partial charge is 0.492 e. The number of rotatable bonds is 9. The van der Waals surface area contributed by atoms with Gasteiger partial charge in [0.05, 0.1) is 49.6 Å². The molecule has 0 spiro atoms. The van der Waals surface area contributed by atoms with E-state index in [1.165, 1.54) is 4.31 Å². The van der Waals surface area contributed by atoms with Gasteiger partial charge in [-0.3, -0.25) is 13.9 Å². The third-order valence-electron chi connectivity index (χ3n) is 6.08. The van der Waals surface area contributed by atoms with E-state index in [1.807, 2.05) is 6.92 Å². The molecule has 1 fully saturated rings. The van der Waals surface area contributed by atoms with Crippen molar-refractivity contribution < 1.29 is 27.5 Å². The fraction of sp³-hybridized carbons (Fsp3) is 0.286. The summed E-state index contributed by atoms with van der Waals surface area (Å²) < 4.78 is 37.5. The lowest BCUT2D eigenvalue weighted by Gasteiger charge is -2.27. The number of amides is 2. The number of ether oxygens (including phenoxy) is 2. The topological polar surface area (TPSA) is 105 Å². The summed E-state index contributed by atoms with van der Waals surface area (Å²) in [5.74, 6) is -0.0603. The first kappa shape index (κ1) is 27.2. The summed E-state index contributed by atoms with van der Waals surface area (Å²) in [6.45, 7) is 4.29. The molecular weight excluding hydrogens is 506 g/mol. The van der Waals surface area contributed by atoms with Crippen LogP contribution < -0.4 is 14.4 Å². The van der Waals surface area contributed by atoms with Crippen LogP contribution in [0.15, 0.2) is 72.8 Å². The Balaban J connectivity index is 1.50. The van der Waals surface area contributed by atoms with Crippen LogP contribution in [0.1, 0.15) is 33.2 Å². The minimum atomic E-state index is -3.62. The second-order valence-corrected chi connectivity index (χ2v) is 10.7. The van der Waals surface area contributed by atoms with Gasteiger partial charge >= 0.3 is 0 Å². The Kier molecular flexibility index (Phi) is 8.65. The second kappa shape index (κ2) is 12.1. The number of benzene rings is 3. The van der Waals surface area contributed by atoms with Crippen molar-refractivity contribution in [3.8, 4) is 5.75 Å². The average molecular weight is 538 g/mol. The standard InChI is InChI=1S/C28H31N3O6S/c1-3-37-26-11-7-6-10-25(26)31(38(2,34)35)20-21-12-14-22(15-13-21)27(32)29-24-9-5-4-8-23(24)28(33)30-16-18-36-19-17-30/h4-15H,3,16-20H2,1-2H3,(H,29,32). The fourth-order valence-electron chi connectivity index (χ4n) is 4.16. The van der Waals surface area contributed by atoms with Crippen LogP contribution in [0.4, 0.5) is 11.4 Å². The quantitative estimate of drug-likeness (QED) is 0.446. The maximum absolute atomic E-state index is 13.0. The zero-order valence-corrected chi connectivity index (χ0v) is 22.2. The first-order valence-corrected chi connectivity index (χ1v) is 14.2. The van der Waals surface area contributed by atoms with Gasteiger partial charge < -0.3 is 19.7 Å². The first-order chi connectivity index (χ1) is 18.3. The van der Waals surface area contributed by atoms with Crippen LogP contribution in [0, 0.1) is 0 Å².